The highest BCUT2D eigenvalue weighted by atomic mass is 16.5. The molecule has 0 radical (unpaired) electrons. The Labute approximate surface area is 105 Å². The number of nitrogens with zero attached hydrogens (tertiary/aromatic N) is 2. The second-order valence-electron chi connectivity index (χ2n) is 3.86. The number of hydrogen-bond donors (Lipinski definition) is 1. The Bertz CT molecular complexity index is 531. The van der Waals surface area contributed by atoms with E-state index in [2.05, 4.69) is 4.98 Å². The molecule has 1 aromatic carbocycles. The summed E-state index contributed by atoms with van der Waals surface area (Å²) in [5, 5.41) is 8.61. The first-order valence-electron chi connectivity index (χ1n) is 5.58. The van der Waals surface area contributed by atoms with E-state index in [0.717, 1.165) is 17.1 Å². The summed E-state index contributed by atoms with van der Waals surface area (Å²) in [4.78, 5) is 14.6. The van der Waals surface area contributed by atoms with E-state index in [4.69, 9.17) is 9.84 Å². The number of imidazole rings is 1. The van der Waals surface area contributed by atoms with Gasteiger partial charge in [0.25, 0.3) is 0 Å². The number of aryl methyl sites for hydroxylation is 1. The minimum absolute atomic E-state index is 0.0969. The molecule has 0 amide bonds. The molecule has 0 saturated carbocycles. The molecular weight excluding hydrogens is 232 g/mol. The van der Waals surface area contributed by atoms with Gasteiger partial charge in [0.05, 0.1) is 25.6 Å². The van der Waals surface area contributed by atoms with Crippen LogP contribution in [0.15, 0.2) is 36.8 Å². The lowest BCUT2D eigenvalue weighted by Crippen LogP contribution is -1.97. The Kier molecular flexibility index (Phi) is 3.62. The van der Waals surface area contributed by atoms with Gasteiger partial charge in [-0.05, 0) is 24.3 Å². The first kappa shape index (κ1) is 12.2. The Balaban J connectivity index is 2.10. The van der Waals surface area contributed by atoms with E-state index in [1.165, 1.54) is 0 Å². The zero-order chi connectivity index (χ0) is 13.0. The smallest absolute Gasteiger partial charge is 0.303 e. The summed E-state index contributed by atoms with van der Waals surface area (Å²) < 4.78 is 6.94. The average molecular weight is 246 g/mol. The van der Waals surface area contributed by atoms with Gasteiger partial charge in [0.2, 0.25) is 0 Å². The molecule has 0 aliphatic carbocycles. The largest absolute Gasteiger partial charge is 0.497 e. The third-order valence-corrected chi connectivity index (χ3v) is 2.60. The summed E-state index contributed by atoms with van der Waals surface area (Å²) in [5.41, 5.74) is 1.73. The number of carboxylic acids is 1. The number of hydrogen-bond acceptors (Lipinski definition) is 3. The van der Waals surface area contributed by atoms with Gasteiger partial charge in [0, 0.05) is 18.3 Å². The van der Waals surface area contributed by atoms with Crippen LogP contribution in [0.4, 0.5) is 0 Å². The van der Waals surface area contributed by atoms with Crippen LogP contribution in [0.25, 0.3) is 5.69 Å². The Morgan fingerprint density at radius 1 is 1.39 bits per heavy atom. The van der Waals surface area contributed by atoms with E-state index in [9.17, 15) is 4.79 Å². The molecule has 0 bridgehead atoms. The minimum atomic E-state index is -0.811. The maximum atomic E-state index is 10.5. The van der Waals surface area contributed by atoms with Crippen molar-refractivity contribution in [2.75, 3.05) is 7.11 Å². The lowest BCUT2D eigenvalue weighted by molar-refractivity contribution is -0.136. The van der Waals surface area contributed by atoms with Crippen LogP contribution in [0.5, 0.6) is 5.75 Å². The summed E-state index contributed by atoms with van der Waals surface area (Å²) in [5.74, 6) is -0.0148. The molecule has 0 atom stereocenters. The fourth-order valence-corrected chi connectivity index (χ4v) is 1.62. The molecule has 2 aromatic rings. The summed E-state index contributed by atoms with van der Waals surface area (Å²) >= 11 is 0. The topological polar surface area (TPSA) is 64.4 Å². The van der Waals surface area contributed by atoms with Crippen LogP contribution in [0, 0.1) is 0 Å². The highest BCUT2D eigenvalue weighted by Crippen LogP contribution is 2.15. The molecule has 0 fully saturated rings. The molecule has 1 N–H and O–H groups in total. The van der Waals surface area contributed by atoms with Gasteiger partial charge in [-0.3, -0.25) is 4.79 Å². The van der Waals surface area contributed by atoms with E-state index in [1.807, 2.05) is 35.0 Å². The zero-order valence-corrected chi connectivity index (χ0v) is 10.0. The second-order valence-corrected chi connectivity index (χ2v) is 3.86. The third kappa shape index (κ3) is 2.88. The Morgan fingerprint density at radius 2 is 2.11 bits per heavy atom. The number of aliphatic carboxylic acids is 1. The van der Waals surface area contributed by atoms with E-state index in [-0.39, 0.29) is 6.42 Å². The standard InChI is InChI=1S/C13H14N2O3/c1-18-12-5-3-11(4-6-12)15-8-10(14-9-15)2-7-13(16)17/h3-6,8-9H,2,7H2,1H3,(H,16,17). The molecule has 1 aromatic heterocycles. The summed E-state index contributed by atoms with van der Waals surface area (Å²) in [7, 11) is 1.62. The molecule has 5 heteroatoms. The number of benzene rings is 1. The highest BCUT2D eigenvalue weighted by Gasteiger charge is 2.04. The fraction of sp³-hybridized carbons (Fsp3) is 0.231. The van der Waals surface area contributed by atoms with Crippen molar-refractivity contribution < 1.29 is 14.6 Å². The molecule has 1 heterocycles. The highest BCUT2D eigenvalue weighted by molar-refractivity contribution is 5.66. The number of ether oxygens (including phenoxy) is 1. The molecule has 18 heavy (non-hydrogen) atoms. The monoisotopic (exact) mass is 246 g/mol. The van der Waals surface area contributed by atoms with Crippen LogP contribution in [-0.4, -0.2) is 27.7 Å². The number of rotatable bonds is 5. The van der Waals surface area contributed by atoms with E-state index >= 15 is 0 Å². The van der Waals surface area contributed by atoms with E-state index in [1.54, 1.807) is 13.4 Å². The predicted octanol–water partition coefficient (Wildman–Crippen LogP) is 1.90. The molecular formula is C13H14N2O3. The molecule has 94 valence electrons. The van der Waals surface area contributed by atoms with Gasteiger partial charge in [-0.25, -0.2) is 4.98 Å². The van der Waals surface area contributed by atoms with E-state index < -0.39 is 5.97 Å². The molecule has 0 unspecified atom stereocenters. The van der Waals surface area contributed by atoms with E-state index in [0.29, 0.717) is 6.42 Å². The SMILES string of the molecule is COc1ccc(-n2cnc(CCC(=O)O)c2)cc1. The Morgan fingerprint density at radius 3 is 2.72 bits per heavy atom. The van der Waals surface area contributed by atoms with Gasteiger partial charge < -0.3 is 14.4 Å². The lowest BCUT2D eigenvalue weighted by Gasteiger charge is -2.03. The van der Waals surface area contributed by atoms with Crippen molar-refractivity contribution in [1.29, 1.82) is 0 Å². The first-order chi connectivity index (χ1) is 8.69. The van der Waals surface area contributed by atoms with Crippen LogP contribution >= 0.6 is 0 Å². The summed E-state index contributed by atoms with van der Waals surface area (Å²) in [6.07, 6.45) is 4.06. The van der Waals surface area contributed by atoms with Crippen molar-refractivity contribution in [3.8, 4) is 11.4 Å². The predicted molar refractivity (Wildman–Crippen MR) is 66.1 cm³/mol. The molecule has 0 saturated heterocycles. The zero-order valence-electron chi connectivity index (χ0n) is 10.0. The second kappa shape index (κ2) is 5.35. The Hall–Kier alpha value is -2.30. The van der Waals surface area contributed by atoms with Crippen LogP contribution in [0.2, 0.25) is 0 Å². The molecule has 0 aliphatic heterocycles. The number of aromatic nitrogens is 2. The number of carbonyl (C=O) groups is 1. The maximum absolute atomic E-state index is 10.5. The summed E-state index contributed by atoms with van der Waals surface area (Å²) in [6.45, 7) is 0. The van der Waals surface area contributed by atoms with Crippen molar-refractivity contribution in [3.05, 3.63) is 42.5 Å². The summed E-state index contributed by atoms with van der Waals surface area (Å²) in [6, 6.07) is 7.57. The van der Waals surface area contributed by atoms with Crippen LogP contribution in [0.3, 0.4) is 0 Å². The normalized spacial score (nSPS) is 10.3. The first-order valence-corrected chi connectivity index (χ1v) is 5.58. The average Bonchev–Trinajstić information content (AvgIpc) is 2.85. The van der Waals surface area contributed by atoms with Gasteiger partial charge in [-0.1, -0.05) is 0 Å². The fourth-order valence-electron chi connectivity index (χ4n) is 1.62. The van der Waals surface area contributed by atoms with Gasteiger partial charge in [0.15, 0.2) is 0 Å². The van der Waals surface area contributed by atoms with Crippen molar-refractivity contribution >= 4 is 5.97 Å². The molecule has 0 spiro atoms. The van der Waals surface area contributed by atoms with Gasteiger partial charge in [-0.15, -0.1) is 0 Å². The van der Waals surface area contributed by atoms with Crippen molar-refractivity contribution in [2.24, 2.45) is 0 Å². The molecule has 2 rings (SSSR count). The van der Waals surface area contributed by atoms with Gasteiger partial charge in [-0.2, -0.15) is 0 Å². The van der Waals surface area contributed by atoms with Crippen molar-refractivity contribution in [3.63, 3.8) is 0 Å². The number of methoxy groups -OCH3 is 1. The quantitative estimate of drug-likeness (QED) is 0.875. The lowest BCUT2D eigenvalue weighted by atomic mass is 10.2. The van der Waals surface area contributed by atoms with Crippen LogP contribution in [-0.2, 0) is 11.2 Å². The van der Waals surface area contributed by atoms with Gasteiger partial charge >= 0.3 is 5.97 Å². The van der Waals surface area contributed by atoms with Crippen molar-refractivity contribution in [1.82, 2.24) is 9.55 Å². The molecule has 5 nitrogen and oxygen atoms in total. The van der Waals surface area contributed by atoms with Crippen LogP contribution in [0.1, 0.15) is 12.1 Å². The van der Waals surface area contributed by atoms with Crippen molar-refractivity contribution in [2.45, 2.75) is 12.8 Å². The number of carboxylic acid groups (broad SMARTS) is 1. The van der Waals surface area contributed by atoms with Gasteiger partial charge in [0.1, 0.15) is 5.75 Å². The molecule has 0 aliphatic rings. The third-order valence-electron chi connectivity index (χ3n) is 2.60. The van der Waals surface area contributed by atoms with Crippen LogP contribution < -0.4 is 4.74 Å². The maximum Gasteiger partial charge on any atom is 0.303 e. The minimum Gasteiger partial charge on any atom is -0.497 e.